The number of aldehydes is 1. The smallest absolute Gasteiger partial charge is 0.237 e. The number of amides is 1. The van der Waals surface area contributed by atoms with Crippen molar-refractivity contribution in [1.29, 1.82) is 0 Å². The average Bonchev–Trinajstić information content (AvgIpc) is 2.21. The molecule has 4 heteroatoms. The molecule has 0 radical (unpaired) electrons. The van der Waals surface area contributed by atoms with E-state index in [0.29, 0.717) is 17.0 Å². The van der Waals surface area contributed by atoms with Crippen LogP contribution in [-0.2, 0) is 9.59 Å². The van der Waals surface area contributed by atoms with Gasteiger partial charge >= 0.3 is 0 Å². The Morgan fingerprint density at radius 2 is 1.87 bits per heavy atom. The Morgan fingerprint density at radius 1 is 1.33 bits per heavy atom. The van der Waals surface area contributed by atoms with Crippen molar-refractivity contribution >= 4 is 29.5 Å². The zero-order chi connectivity index (χ0) is 11.5. The first-order chi connectivity index (χ1) is 6.95. The normalized spacial score (nSPS) is 10.9. The van der Waals surface area contributed by atoms with Crippen molar-refractivity contribution < 1.29 is 9.59 Å². The van der Waals surface area contributed by atoms with Crippen molar-refractivity contribution in [2.45, 2.75) is 13.8 Å². The van der Waals surface area contributed by atoms with Crippen LogP contribution in [0.5, 0.6) is 0 Å². The first kappa shape index (κ1) is 11.7. The van der Waals surface area contributed by atoms with Crippen molar-refractivity contribution in [3.63, 3.8) is 0 Å². The van der Waals surface area contributed by atoms with Crippen molar-refractivity contribution in [2.24, 2.45) is 5.41 Å². The summed E-state index contributed by atoms with van der Waals surface area (Å²) in [7, 11) is 0. The minimum Gasteiger partial charge on any atom is -0.325 e. The van der Waals surface area contributed by atoms with E-state index in [1.54, 1.807) is 38.1 Å². The lowest BCUT2D eigenvalue weighted by Crippen LogP contribution is -2.31. The summed E-state index contributed by atoms with van der Waals surface area (Å²) in [5.74, 6) is -0.333. The van der Waals surface area contributed by atoms with Gasteiger partial charge in [-0.15, -0.1) is 0 Å². The molecule has 0 fully saturated rings. The number of rotatable bonds is 3. The Kier molecular flexibility index (Phi) is 3.48. The number of carbonyl (C=O) groups is 2. The number of halogens is 1. The monoisotopic (exact) mass is 225 g/mol. The minimum absolute atomic E-state index is 0.333. The van der Waals surface area contributed by atoms with Crippen LogP contribution in [0.1, 0.15) is 13.8 Å². The van der Waals surface area contributed by atoms with E-state index in [-0.39, 0.29) is 5.91 Å². The lowest BCUT2D eigenvalue weighted by molar-refractivity contribution is -0.130. The fourth-order valence-corrected chi connectivity index (χ4v) is 1.00. The second-order valence-electron chi connectivity index (χ2n) is 3.80. The Bertz CT molecular complexity index is 371. The van der Waals surface area contributed by atoms with Crippen LogP contribution in [0, 0.1) is 5.41 Å². The van der Waals surface area contributed by atoms with E-state index < -0.39 is 5.41 Å². The van der Waals surface area contributed by atoms with Crippen molar-refractivity contribution in [3.8, 4) is 0 Å². The van der Waals surface area contributed by atoms with Crippen molar-refractivity contribution in [2.75, 3.05) is 5.32 Å². The molecule has 3 nitrogen and oxygen atoms in total. The highest BCUT2D eigenvalue weighted by molar-refractivity contribution is 6.30. The lowest BCUT2D eigenvalue weighted by Gasteiger charge is -2.16. The van der Waals surface area contributed by atoms with E-state index >= 15 is 0 Å². The second-order valence-corrected chi connectivity index (χ2v) is 4.24. The lowest BCUT2D eigenvalue weighted by atomic mass is 9.95. The quantitative estimate of drug-likeness (QED) is 0.635. The molecule has 0 aromatic heterocycles. The highest BCUT2D eigenvalue weighted by Gasteiger charge is 2.26. The molecular weight excluding hydrogens is 214 g/mol. The van der Waals surface area contributed by atoms with Crippen LogP contribution in [0.15, 0.2) is 24.3 Å². The summed E-state index contributed by atoms with van der Waals surface area (Å²) >= 11 is 5.70. The third kappa shape index (κ3) is 3.06. The Labute approximate surface area is 93.4 Å². The predicted molar refractivity (Wildman–Crippen MR) is 59.9 cm³/mol. The minimum atomic E-state index is -1.01. The van der Waals surface area contributed by atoms with Gasteiger partial charge in [0.15, 0.2) is 0 Å². The number of nitrogens with one attached hydrogen (secondary N) is 1. The summed E-state index contributed by atoms with van der Waals surface area (Å²) < 4.78 is 0. The van der Waals surface area contributed by atoms with Crippen LogP contribution in [0.25, 0.3) is 0 Å². The molecule has 0 aliphatic carbocycles. The van der Waals surface area contributed by atoms with Gasteiger partial charge in [0.05, 0.1) is 5.41 Å². The van der Waals surface area contributed by atoms with Crippen LogP contribution in [0.3, 0.4) is 0 Å². The highest BCUT2D eigenvalue weighted by Crippen LogP contribution is 2.17. The molecule has 0 saturated heterocycles. The molecule has 1 rings (SSSR count). The number of carbonyl (C=O) groups excluding carboxylic acids is 2. The molecule has 1 N–H and O–H groups in total. The SMILES string of the molecule is CC(C)(C=O)C(=O)Nc1ccc(Cl)cc1. The number of hydrogen-bond donors (Lipinski definition) is 1. The average molecular weight is 226 g/mol. The summed E-state index contributed by atoms with van der Waals surface area (Å²) in [5.41, 5.74) is -0.390. The summed E-state index contributed by atoms with van der Waals surface area (Å²) in [5, 5.41) is 3.23. The fraction of sp³-hybridized carbons (Fsp3) is 0.273. The molecular formula is C11H12ClNO2. The van der Waals surface area contributed by atoms with E-state index in [1.165, 1.54) is 0 Å². The molecule has 0 heterocycles. The largest absolute Gasteiger partial charge is 0.325 e. The van der Waals surface area contributed by atoms with E-state index in [1.807, 2.05) is 0 Å². The maximum absolute atomic E-state index is 11.6. The number of benzene rings is 1. The maximum atomic E-state index is 11.6. The van der Waals surface area contributed by atoms with Crippen LogP contribution in [-0.4, -0.2) is 12.2 Å². The van der Waals surface area contributed by atoms with Gasteiger partial charge in [-0.3, -0.25) is 4.79 Å². The van der Waals surface area contributed by atoms with E-state index in [0.717, 1.165) is 0 Å². The molecule has 0 saturated carbocycles. The summed E-state index contributed by atoms with van der Waals surface area (Å²) in [6.07, 6.45) is 0.623. The Morgan fingerprint density at radius 3 is 2.33 bits per heavy atom. The standard InChI is InChI=1S/C11H12ClNO2/c1-11(2,7-14)10(15)13-9-5-3-8(12)4-6-9/h3-7H,1-2H3,(H,13,15). The number of hydrogen-bond acceptors (Lipinski definition) is 2. The summed E-state index contributed by atoms with van der Waals surface area (Å²) in [6.45, 7) is 3.12. The van der Waals surface area contributed by atoms with E-state index in [4.69, 9.17) is 11.6 Å². The Balaban J connectivity index is 2.75. The molecule has 15 heavy (non-hydrogen) atoms. The van der Waals surface area contributed by atoms with E-state index in [9.17, 15) is 9.59 Å². The first-order valence-corrected chi connectivity index (χ1v) is 4.87. The van der Waals surface area contributed by atoms with Crippen LogP contribution >= 0.6 is 11.6 Å². The van der Waals surface area contributed by atoms with Gasteiger partial charge in [-0.1, -0.05) is 11.6 Å². The van der Waals surface area contributed by atoms with Gasteiger partial charge in [-0.25, -0.2) is 0 Å². The highest BCUT2D eigenvalue weighted by atomic mass is 35.5. The van der Waals surface area contributed by atoms with Gasteiger partial charge in [0.1, 0.15) is 6.29 Å². The first-order valence-electron chi connectivity index (χ1n) is 4.49. The van der Waals surface area contributed by atoms with E-state index in [2.05, 4.69) is 5.32 Å². The summed E-state index contributed by atoms with van der Waals surface area (Å²) in [6, 6.07) is 6.71. The topological polar surface area (TPSA) is 46.2 Å². The van der Waals surface area contributed by atoms with Gasteiger partial charge in [0.2, 0.25) is 5.91 Å². The molecule has 1 amide bonds. The van der Waals surface area contributed by atoms with Gasteiger partial charge in [0, 0.05) is 10.7 Å². The molecule has 0 bridgehead atoms. The van der Waals surface area contributed by atoms with Gasteiger partial charge in [-0.05, 0) is 38.1 Å². The molecule has 0 atom stereocenters. The molecule has 0 unspecified atom stereocenters. The predicted octanol–water partition coefficient (Wildman–Crippen LogP) is 2.50. The second kappa shape index (κ2) is 4.45. The van der Waals surface area contributed by atoms with Gasteiger partial charge in [0.25, 0.3) is 0 Å². The molecule has 1 aromatic rings. The zero-order valence-corrected chi connectivity index (χ0v) is 9.34. The molecule has 80 valence electrons. The molecule has 0 aliphatic heterocycles. The third-order valence-corrected chi connectivity index (χ3v) is 2.23. The van der Waals surface area contributed by atoms with Gasteiger partial charge in [-0.2, -0.15) is 0 Å². The van der Waals surface area contributed by atoms with Crippen molar-refractivity contribution in [1.82, 2.24) is 0 Å². The van der Waals surface area contributed by atoms with Crippen LogP contribution < -0.4 is 5.32 Å². The summed E-state index contributed by atoms with van der Waals surface area (Å²) in [4.78, 5) is 22.2. The molecule has 1 aromatic carbocycles. The molecule has 0 spiro atoms. The van der Waals surface area contributed by atoms with Crippen LogP contribution in [0.4, 0.5) is 5.69 Å². The van der Waals surface area contributed by atoms with Gasteiger partial charge < -0.3 is 10.1 Å². The zero-order valence-electron chi connectivity index (χ0n) is 8.58. The van der Waals surface area contributed by atoms with Crippen molar-refractivity contribution in [3.05, 3.63) is 29.3 Å². The third-order valence-electron chi connectivity index (χ3n) is 1.98. The molecule has 0 aliphatic rings. The Hall–Kier alpha value is -1.35. The van der Waals surface area contributed by atoms with Crippen LogP contribution in [0.2, 0.25) is 5.02 Å². The maximum Gasteiger partial charge on any atom is 0.237 e. The fourth-order valence-electron chi connectivity index (χ4n) is 0.879. The number of anilines is 1.